The van der Waals surface area contributed by atoms with Crippen LogP contribution in [0.1, 0.15) is 94.9 Å². The van der Waals surface area contributed by atoms with Gasteiger partial charge in [0.05, 0.1) is 55.9 Å². The molecule has 4 N–H and O–H groups in total. The van der Waals surface area contributed by atoms with E-state index in [-0.39, 0.29) is 43.3 Å². The molecule has 17 atom stereocenters. The summed E-state index contributed by atoms with van der Waals surface area (Å²) in [7, 11) is -19.0. The maximum Gasteiger partial charge on any atom is 0.473 e. The van der Waals surface area contributed by atoms with Crippen molar-refractivity contribution in [2.75, 3.05) is 19.8 Å². The van der Waals surface area contributed by atoms with E-state index in [1.165, 1.54) is 6.08 Å². The van der Waals surface area contributed by atoms with Crippen molar-refractivity contribution in [3.63, 3.8) is 0 Å². The largest absolute Gasteiger partial charge is 0.473 e. The molecule has 0 amide bonds. The Bertz CT molecular complexity index is 1570. The molecule has 4 rings (SSSR count). The molecule has 4 fully saturated rings. The molecule has 24 heteroatoms. The van der Waals surface area contributed by atoms with Gasteiger partial charge in [0.1, 0.15) is 42.7 Å². The highest BCUT2D eigenvalue weighted by molar-refractivity contribution is 7.48. The van der Waals surface area contributed by atoms with Crippen LogP contribution < -0.4 is 0 Å². The zero-order chi connectivity index (χ0) is 43.6. The fourth-order valence-corrected chi connectivity index (χ4v) is 11.6. The summed E-state index contributed by atoms with van der Waals surface area (Å²) < 4.78 is 118. The van der Waals surface area contributed by atoms with Crippen LogP contribution in [0, 0.1) is 11.3 Å². The Morgan fingerprint density at radius 1 is 0.603 bits per heavy atom. The highest BCUT2D eigenvalue weighted by atomic mass is 31.2. The third-order valence-corrected chi connectivity index (χ3v) is 14.2. The van der Waals surface area contributed by atoms with Crippen LogP contribution in [-0.4, -0.2) is 118 Å². The summed E-state index contributed by atoms with van der Waals surface area (Å²) in [4.78, 5) is 42.3. The second-order valence-electron chi connectivity index (χ2n) is 17.5. The molecule has 4 aliphatic heterocycles. The summed E-state index contributed by atoms with van der Waals surface area (Å²) in [5.74, 6) is 0.0731. The third-order valence-electron chi connectivity index (χ3n) is 9.86. The molecule has 0 aliphatic carbocycles. The van der Waals surface area contributed by atoms with Crippen molar-refractivity contribution in [1.29, 1.82) is 0 Å². The van der Waals surface area contributed by atoms with Gasteiger partial charge in [0, 0.05) is 19.3 Å². The predicted octanol–water partition coefficient (Wildman–Crippen LogP) is 6.35. The zero-order valence-electron chi connectivity index (χ0n) is 34.8. The average Bonchev–Trinajstić information content (AvgIpc) is 3.80. The van der Waals surface area contributed by atoms with Crippen molar-refractivity contribution in [2.45, 2.75) is 174 Å². The van der Waals surface area contributed by atoms with Gasteiger partial charge in [-0.15, -0.1) is 6.58 Å². The molecule has 9 unspecified atom stereocenters. The summed E-state index contributed by atoms with van der Waals surface area (Å²) >= 11 is 0. The molecule has 58 heavy (non-hydrogen) atoms. The normalized spacial score (nSPS) is 38.2. The quantitative estimate of drug-likeness (QED) is 0.0766. The van der Waals surface area contributed by atoms with Gasteiger partial charge in [-0.25, -0.2) is 18.3 Å². The third kappa shape index (κ3) is 15.7. The van der Waals surface area contributed by atoms with Crippen molar-refractivity contribution in [3.8, 4) is 0 Å². The molecule has 0 aromatic carbocycles. The van der Waals surface area contributed by atoms with Gasteiger partial charge in [-0.05, 0) is 66.2 Å². The Kier molecular flexibility index (Phi) is 17.3. The van der Waals surface area contributed by atoms with Gasteiger partial charge in [-0.3, -0.25) is 36.2 Å². The van der Waals surface area contributed by atoms with Crippen LogP contribution in [0.3, 0.4) is 0 Å². The van der Waals surface area contributed by atoms with Crippen LogP contribution in [0.4, 0.5) is 0 Å². The number of phosphoric acid groups is 4. The Balaban J connectivity index is 1.32. The van der Waals surface area contributed by atoms with Gasteiger partial charge >= 0.3 is 31.3 Å². The molecule has 4 aliphatic rings. The van der Waals surface area contributed by atoms with Crippen molar-refractivity contribution >= 4 is 31.3 Å². The van der Waals surface area contributed by atoms with Gasteiger partial charge < -0.3 is 38.5 Å². The van der Waals surface area contributed by atoms with Gasteiger partial charge in [0.15, 0.2) is 0 Å². The van der Waals surface area contributed by atoms with Crippen molar-refractivity contribution in [2.24, 2.45) is 11.3 Å². The minimum Gasteiger partial charge on any atom is -0.373 e. The average molecular weight is 917 g/mol. The Morgan fingerprint density at radius 2 is 1.00 bits per heavy atom. The van der Waals surface area contributed by atoms with Crippen molar-refractivity contribution in [3.05, 3.63) is 12.7 Å². The van der Waals surface area contributed by atoms with Crippen LogP contribution in [0.25, 0.3) is 0 Å². The maximum atomic E-state index is 13.4. The number of hydrogen-bond donors (Lipinski definition) is 4. The van der Waals surface area contributed by atoms with Gasteiger partial charge in [-0.2, -0.15) is 0 Å². The molecule has 340 valence electrons. The standard InChI is InChI=1S/C34H64O20P4/c1-12-25(32-28(16-23(5)49-32)53-56(37,38)43-17-29-24(33(6,7)8)13-20(2)46-29)50-58(41,42)52-27-15-22(4)47-30(27)18-44-55(35,36)51-26-14-21(3)48-31(26)19-45-57(39,40)54-34(9,10)11/h12,20-32H,1,13-19H2,2-11H3,(H,35,36)(H,37,38)(H,39,40)(H,41,42)/t20-,21-,22-,23-,24?,25?,26?,27?,28?,29+,30+,31+,32+/m0/s1. The molecule has 0 aromatic rings. The lowest BCUT2D eigenvalue weighted by atomic mass is 9.76. The molecule has 4 heterocycles. The predicted molar refractivity (Wildman–Crippen MR) is 206 cm³/mol. The second-order valence-corrected chi connectivity index (χ2v) is 23.0. The molecule has 4 saturated heterocycles. The smallest absolute Gasteiger partial charge is 0.373 e. The summed E-state index contributed by atoms with van der Waals surface area (Å²) in [5, 5.41) is 0. The highest BCUT2D eigenvalue weighted by Gasteiger charge is 2.49. The Hall–Kier alpha value is 0.0200. The first-order valence-corrected chi connectivity index (χ1v) is 25.4. The summed E-state index contributed by atoms with van der Waals surface area (Å²) in [5.41, 5.74) is -1.13. The Labute approximate surface area is 341 Å². The lowest BCUT2D eigenvalue weighted by Crippen LogP contribution is -2.37. The number of hydrogen-bond acceptors (Lipinski definition) is 16. The molecule has 0 spiro atoms. The fourth-order valence-electron chi connectivity index (χ4n) is 7.51. The van der Waals surface area contributed by atoms with Crippen molar-refractivity contribution < 1.29 is 93.0 Å². The first-order valence-electron chi connectivity index (χ1n) is 19.4. The number of ether oxygens (including phenoxy) is 4. The topological polar surface area (TPSA) is 260 Å². The first-order chi connectivity index (χ1) is 26.5. The van der Waals surface area contributed by atoms with Crippen LogP contribution in [0.2, 0.25) is 0 Å². The van der Waals surface area contributed by atoms with Gasteiger partial charge in [0.25, 0.3) is 0 Å². The summed E-state index contributed by atoms with van der Waals surface area (Å²) in [6.45, 7) is 20.2. The molecular formula is C34H64O20P4. The Morgan fingerprint density at radius 3 is 1.48 bits per heavy atom. The zero-order valence-corrected chi connectivity index (χ0v) is 38.4. The lowest BCUT2D eigenvalue weighted by Gasteiger charge is -2.31. The second kappa shape index (κ2) is 19.8. The van der Waals surface area contributed by atoms with E-state index < -0.39 is 117 Å². The summed E-state index contributed by atoms with van der Waals surface area (Å²) in [6.07, 6.45) is -7.81. The van der Waals surface area contributed by atoms with Crippen LogP contribution in [0.5, 0.6) is 0 Å². The fraction of sp³-hybridized carbons (Fsp3) is 0.941. The van der Waals surface area contributed by atoms with E-state index >= 15 is 0 Å². The van der Waals surface area contributed by atoms with E-state index in [0.29, 0.717) is 0 Å². The molecule has 0 radical (unpaired) electrons. The number of phosphoric ester groups is 4. The molecule has 0 bridgehead atoms. The molecule has 0 aromatic heterocycles. The van der Waals surface area contributed by atoms with Crippen LogP contribution in [0.15, 0.2) is 12.7 Å². The maximum absolute atomic E-state index is 13.4. The van der Waals surface area contributed by atoms with Crippen LogP contribution in [-0.2, 0) is 73.4 Å². The van der Waals surface area contributed by atoms with Crippen LogP contribution >= 0.6 is 31.3 Å². The van der Waals surface area contributed by atoms with E-state index in [1.54, 1.807) is 41.5 Å². The highest BCUT2D eigenvalue weighted by Crippen LogP contribution is 2.54. The SMILES string of the molecule is C=CC(OP(=O)(O)OC1C[C@H](C)O[C@@H]1COP(=O)(O)OC1C[C@H](C)O[C@@H]1COP(=O)(O)OC(C)(C)C)[C@H]1O[C@@H](C)CC1OP(=O)(O)OC[C@H]1O[C@@H](C)CC1C(C)(C)C. The lowest BCUT2D eigenvalue weighted by molar-refractivity contribution is -0.0580. The van der Waals surface area contributed by atoms with E-state index in [4.69, 9.17) is 55.1 Å². The van der Waals surface area contributed by atoms with E-state index in [9.17, 15) is 37.8 Å². The van der Waals surface area contributed by atoms with E-state index in [2.05, 4.69) is 27.4 Å². The van der Waals surface area contributed by atoms with Crippen molar-refractivity contribution in [1.82, 2.24) is 0 Å². The molecule has 20 nitrogen and oxygen atoms in total. The minimum absolute atomic E-state index is 0.0484. The van der Waals surface area contributed by atoms with Gasteiger partial charge in [-0.1, -0.05) is 26.8 Å². The molecule has 0 saturated carbocycles. The van der Waals surface area contributed by atoms with E-state index in [1.807, 2.05) is 6.92 Å². The first kappa shape index (κ1) is 50.7. The van der Waals surface area contributed by atoms with E-state index in [0.717, 1.165) is 6.42 Å². The minimum atomic E-state index is -4.99. The van der Waals surface area contributed by atoms with Gasteiger partial charge in [0.2, 0.25) is 0 Å². The monoisotopic (exact) mass is 916 g/mol. The number of rotatable bonds is 20. The summed E-state index contributed by atoms with van der Waals surface area (Å²) in [6, 6.07) is 0. The molecular weight excluding hydrogens is 852 g/mol.